The second kappa shape index (κ2) is 4.84. The van der Waals surface area contributed by atoms with E-state index in [0.717, 1.165) is 34.4 Å². The molecule has 0 spiro atoms. The molecule has 3 heteroatoms. The quantitative estimate of drug-likeness (QED) is 0.832. The van der Waals surface area contributed by atoms with E-state index in [9.17, 15) is 5.11 Å². The molecule has 0 fully saturated rings. The third-order valence-electron chi connectivity index (χ3n) is 3.94. The van der Waals surface area contributed by atoms with Crippen LogP contribution in [0.25, 0.3) is 0 Å². The maximum Gasteiger partial charge on any atom is 0.126 e. The largest absolute Gasteiger partial charge is 0.507 e. The van der Waals surface area contributed by atoms with Crippen LogP contribution in [0.2, 0.25) is 0 Å². The van der Waals surface area contributed by atoms with Gasteiger partial charge in [-0.05, 0) is 48.7 Å². The van der Waals surface area contributed by atoms with Crippen LogP contribution in [-0.4, -0.2) is 5.11 Å². The number of aryl methyl sites for hydroxylation is 2. The van der Waals surface area contributed by atoms with E-state index in [2.05, 4.69) is 0 Å². The third kappa shape index (κ3) is 2.14. The Morgan fingerprint density at radius 2 is 1.80 bits per heavy atom. The molecule has 2 unspecified atom stereocenters. The van der Waals surface area contributed by atoms with Gasteiger partial charge in [-0.3, -0.25) is 0 Å². The first-order valence-electron chi connectivity index (χ1n) is 6.87. The molecule has 1 aliphatic rings. The van der Waals surface area contributed by atoms with Gasteiger partial charge >= 0.3 is 0 Å². The second-order valence-electron chi connectivity index (χ2n) is 5.49. The zero-order valence-corrected chi connectivity index (χ0v) is 11.8. The van der Waals surface area contributed by atoms with E-state index in [4.69, 9.17) is 10.5 Å². The molecule has 2 aromatic rings. The first-order valence-corrected chi connectivity index (χ1v) is 6.87. The van der Waals surface area contributed by atoms with Crippen LogP contribution >= 0.6 is 0 Å². The molecule has 1 heterocycles. The van der Waals surface area contributed by atoms with Gasteiger partial charge in [-0.1, -0.05) is 18.2 Å². The number of aromatic hydroxyl groups is 1. The molecule has 0 aliphatic carbocycles. The van der Waals surface area contributed by atoms with Crippen molar-refractivity contribution in [1.82, 2.24) is 0 Å². The van der Waals surface area contributed by atoms with Crippen molar-refractivity contribution in [3.63, 3.8) is 0 Å². The Morgan fingerprint density at radius 3 is 2.50 bits per heavy atom. The summed E-state index contributed by atoms with van der Waals surface area (Å²) in [6.45, 7) is 3.81. The van der Waals surface area contributed by atoms with Crippen molar-refractivity contribution in [2.75, 3.05) is 0 Å². The zero-order chi connectivity index (χ0) is 14.3. The number of hydrogen-bond acceptors (Lipinski definition) is 3. The number of hydrogen-bond donors (Lipinski definition) is 2. The number of nitrogens with two attached hydrogens (primary N) is 1. The summed E-state index contributed by atoms with van der Waals surface area (Å²) in [7, 11) is 0. The minimum Gasteiger partial charge on any atom is -0.507 e. The van der Waals surface area contributed by atoms with Crippen LogP contribution in [0, 0.1) is 13.8 Å². The molecule has 0 aromatic heterocycles. The maximum atomic E-state index is 9.87. The average Bonchev–Trinajstić information content (AvgIpc) is 2.44. The van der Waals surface area contributed by atoms with Gasteiger partial charge < -0.3 is 15.6 Å². The summed E-state index contributed by atoms with van der Waals surface area (Å²) in [4.78, 5) is 0. The van der Waals surface area contributed by atoms with E-state index in [0.29, 0.717) is 5.75 Å². The molecular formula is C17H19NO2. The Balaban J connectivity index is 1.98. The Morgan fingerprint density at radius 1 is 1.15 bits per heavy atom. The summed E-state index contributed by atoms with van der Waals surface area (Å²) in [5, 5.41) is 9.87. The predicted octanol–water partition coefficient (Wildman–Crippen LogP) is 3.53. The summed E-state index contributed by atoms with van der Waals surface area (Å²) in [5.41, 5.74) is 10.1. The van der Waals surface area contributed by atoms with Crippen LogP contribution in [0.5, 0.6) is 11.5 Å². The third-order valence-corrected chi connectivity index (χ3v) is 3.94. The van der Waals surface area contributed by atoms with Gasteiger partial charge in [-0.2, -0.15) is 0 Å². The van der Waals surface area contributed by atoms with Gasteiger partial charge in [0.25, 0.3) is 0 Å². The fourth-order valence-electron chi connectivity index (χ4n) is 2.83. The van der Waals surface area contributed by atoms with Crippen molar-refractivity contribution in [3.05, 3.63) is 58.7 Å². The van der Waals surface area contributed by atoms with Crippen LogP contribution in [0.3, 0.4) is 0 Å². The maximum absolute atomic E-state index is 9.87. The lowest BCUT2D eigenvalue weighted by molar-refractivity contribution is 0.161. The van der Waals surface area contributed by atoms with Gasteiger partial charge in [-0.25, -0.2) is 0 Å². The number of ether oxygens (including phenoxy) is 1. The predicted molar refractivity (Wildman–Crippen MR) is 78.9 cm³/mol. The molecular weight excluding hydrogens is 250 g/mol. The zero-order valence-electron chi connectivity index (χ0n) is 11.8. The lowest BCUT2D eigenvalue weighted by Gasteiger charge is -2.31. The number of fused-ring (bicyclic) bond motifs is 1. The number of benzene rings is 2. The SMILES string of the molecule is Cc1cc(C2CC(N)c3ccccc3O2)cc(C)c1O. The van der Waals surface area contributed by atoms with E-state index in [1.54, 1.807) is 0 Å². The fourth-order valence-corrected chi connectivity index (χ4v) is 2.83. The summed E-state index contributed by atoms with van der Waals surface area (Å²) < 4.78 is 6.08. The summed E-state index contributed by atoms with van der Waals surface area (Å²) >= 11 is 0. The molecule has 3 N–H and O–H groups in total. The Bertz CT molecular complexity index is 628. The fraction of sp³-hybridized carbons (Fsp3) is 0.294. The first kappa shape index (κ1) is 13.0. The molecule has 0 radical (unpaired) electrons. The van der Waals surface area contributed by atoms with Gasteiger partial charge in [-0.15, -0.1) is 0 Å². The Labute approximate surface area is 119 Å². The summed E-state index contributed by atoms with van der Waals surface area (Å²) in [5.74, 6) is 1.22. The van der Waals surface area contributed by atoms with Gasteiger partial charge in [0.1, 0.15) is 17.6 Å². The van der Waals surface area contributed by atoms with E-state index in [1.807, 2.05) is 50.2 Å². The highest BCUT2D eigenvalue weighted by Crippen LogP contribution is 2.40. The van der Waals surface area contributed by atoms with Crippen molar-refractivity contribution in [2.24, 2.45) is 5.73 Å². The smallest absolute Gasteiger partial charge is 0.126 e. The molecule has 0 amide bonds. The highest BCUT2D eigenvalue weighted by atomic mass is 16.5. The molecule has 2 aromatic carbocycles. The number of phenols is 1. The van der Waals surface area contributed by atoms with E-state index in [-0.39, 0.29) is 12.1 Å². The highest BCUT2D eigenvalue weighted by Gasteiger charge is 2.27. The monoisotopic (exact) mass is 269 g/mol. The van der Waals surface area contributed by atoms with Crippen molar-refractivity contribution in [1.29, 1.82) is 0 Å². The van der Waals surface area contributed by atoms with Gasteiger partial charge in [0.15, 0.2) is 0 Å². The molecule has 3 rings (SSSR count). The van der Waals surface area contributed by atoms with Crippen molar-refractivity contribution in [2.45, 2.75) is 32.4 Å². The average molecular weight is 269 g/mol. The summed E-state index contributed by atoms with van der Waals surface area (Å²) in [6, 6.07) is 11.9. The second-order valence-corrected chi connectivity index (χ2v) is 5.49. The molecule has 1 aliphatic heterocycles. The van der Waals surface area contributed by atoms with Crippen LogP contribution < -0.4 is 10.5 Å². The molecule has 2 atom stereocenters. The normalized spacial score (nSPS) is 21.1. The van der Waals surface area contributed by atoms with Crippen molar-refractivity contribution < 1.29 is 9.84 Å². The molecule has 0 bridgehead atoms. The molecule has 0 saturated carbocycles. The van der Waals surface area contributed by atoms with Crippen LogP contribution in [0.15, 0.2) is 36.4 Å². The number of para-hydroxylation sites is 1. The van der Waals surface area contributed by atoms with Crippen molar-refractivity contribution in [3.8, 4) is 11.5 Å². The minimum atomic E-state index is -0.0575. The Kier molecular flexibility index (Phi) is 3.14. The van der Waals surface area contributed by atoms with E-state index < -0.39 is 0 Å². The van der Waals surface area contributed by atoms with Crippen LogP contribution in [0.4, 0.5) is 0 Å². The van der Waals surface area contributed by atoms with Crippen LogP contribution in [0.1, 0.15) is 40.8 Å². The highest BCUT2D eigenvalue weighted by molar-refractivity contribution is 5.44. The molecule has 0 saturated heterocycles. The topological polar surface area (TPSA) is 55.5 Å². The minimum absolute atomic E-state index is 0.0145. The Hall–Kier alpha value is -2.00. The van der Waals surface area contributed by atoms with Gasteiger partial charge in [0.05, 0.1) is 0 Å². The first-order chi connectivity index (χ1) is 9.56. The number of phenolic OH excluding ortho intramolecular Hbond substituents is 1. The lowest BCUT2D eigenvalue weighted by atomic mass is 9.92. The van der Waals surface area contributed by atoms with E-state index >= 15 is 0 Å². The molecule has 3 nitrogen and oxygen atoms in total. The molecule has 104 valence electrons. The molecule has 20 heavy (non-hydrogen) atoms. The van der Waals surface area contributed by atoms with Crippen molar-refractivity contribution >= 4 is 0 Å². The van der Waals surface area contributed by atoms with Crippen LogP contribution in [-0.2, 0) is 0 Å². The number of rotatable bonds is 1. The summed E-state index contributed by atoms with van der Waals surface area (Å²) in [6.07, 6.45) is 0.693. The van der Waals surface area contributed by atoms with Gasteiger partial charge in [0.2, 0.25) is 0 Å². The van der Waals surface area contributed by atoms with Gasteiger partial charge in [0, 0.05) is 18.0 Å². The lowest BCUT2D eigenvalue weighted by Crippen LogP contribution is -2.24. The van der Waals surface area contributed by atoms with E-state index in [1.165, 1.54) is 0 Å². The standard InChI is InChI=1S/C17H19NO2/c1-10-7-12(8-11(2)17(10)19)16-9-14(18)13-5-3-4-6-15(13)20-16/h3-8,14,16,19H,9,18H2,1-2H3.